The van der Waals surface area contributed by atoms with Gasteiger partial charge in [0.15, 0.2) is 0 Å². The van der Waals surface area contributed by atoms with Crippen molar-refractivity contribution in [2.24, 2.45) is 5.73 Å². The van der Waals surface area contributed by atoms with Gasteiger partial charge in [0.2, 0.25) is 11.8 Å². The number of nitrogens with zero attached hydrogens (tertiary/aromatic N) is 1. The maximum absolute atomic E-state index is 11.8. The molecule has 0 atom stereocenters. The van der Waals surface area contributed by atoms with Crippen molar-refractivity contribution >= 4 is 17.6 Å². The largest absolute Gasteiger partial charge is 0.384 e. The second-order valence-electron chi connectivity index (χ2n) is 4.93. The van der Waals surface area contributed by atoms with Crippen molar-refractivity contribution in [2.45, 2.75) is 19.4 Å². The highest BCUT2D eigenvalue weighted by Gasteiger charge is 2.04. The van der Waals surface area contributed by atoms with Gasteiger partial charge < -0.3 is 16.8 Å². The molecule has 0 radical (unpaired) electrons. The number of primary amides is 1. The summed E-state index contributed by atoms with van der Waals surface area (Å²) in [5.41, 5.74) is 13.0. The average Bonchev–Trinajstić information content (AvgIpc) is 2.52. The summed E-state index contributed by atoms with van der Waals surface area (Å²) in [7, 11) is 0. The second kappa shape index (κ2) is 7.21. The van der Waals surface area contributed by atoms with Crippen LogP contribution in [0.2, 0.25) is 0 Å². The van der Waals surface area contributed by atoms with E-state index in [4.69, 9.17) is 11.5 Å². The highest BCUT2D eigenvalue weighted by Crippen LogP contribution is 2.07. The van der Waals surface area contributed by atoms with Crippen molar-refractivity contribution in [1.29, 1.82) is 0 Å². The molecule has 0 saturated carbocycles. The van der Waals surface area contributed by atoms with Gasteiger partial charge >= 0.3 is 0 Å². The van der Waals surface area contributed by atoms with E-state index < -0.39 is 5.91 Å². The van der Waals surface area contributed by atoms with E-state index in [0.29, 0.717) is 30.8 Å². The molecule has 2 aromatic rings. The van der Waals surface area contributed by atoms with Gasteiger partial charge in [0.05, 0.1) is 0 Å². The Kier molecular flexibility index (Phi) is 5.08. The Morgan fingerprint density at radius 2 is 1.73 bits per heavy atom. The summed E-state index contributed by atoms with van der Waals surface area (Å²) in [6.45, 7) is 0.423. The minimum Gasteiger partial charge on any atom is -0.384 e. The number of nitrogens with two attached hydrogens (primary N) is 2. The van der Waals surface area contributed by atoms with Crippen molar-refractivity contribution in [3.63, 3.8) is 0 Å². The molecule has 0 spiro atoms. The van der Waals surface area contributed by atoms with Crippen LogP contribution in [0.5, 0.6) is 0 Å². The summed E-state index contributed by atoms with van der Waals surface area (Å²) >= 11 is 0. The number of pyridine rings is 1. The third kappa shape index (κ3) is 4.59. The highest BCUT2D eigenvalue weighted by atomic mass is 16.1. The normalized spacial score (nSPS) is 10.2. The van der Waals surface area contributed by atoms with Gasteiger partial charge in [-0.2, -0.15) is 0 Å². The summed E-state index contributed by atoms with van der Waals surface area (Å²) in [5, 5.41) is 2.82. The molecule has 6 heteroatoms. The minimum absolute atomic E-state index is 0.0456. The molecule has 2 amide bonds. The fourth-order valence-corrected chi connectivity index (χ4v) is 1.92. The zero-order chi connectivity index (χ0) is 15.9. The van der Waals surface area contributed by atoms with Gasteiger partial charge in [-0.25, -0.2) is 4.98 Å². The Morgan fingerprint density at radius 1 is 1.05 bits per heavy atom. The topological polar surface area (TPSA) is 111 Å². The fourth-order valence-electron chi connectivity index (χ4n) is 1.92. The fraction of sp³-hybridized carbons (Fsp3) is 0.188. The van der Waals surface area contributed by atoms with Gasteiger partial charge in [-0.3, -0.25) is 9.59 Å². The smallest absolute Gasteiger partial charge is 0.248 e. The monoisotopic (exact) mass is 298 g/mol. The van der Waals surface area contributed by atoms with Gasteiger partial charge in [0.25, 0.3) is 0 Å². The molecule has 1 aromatic heterocycles. The Hall–Kier alpha value is -2.89. The lowest BCUT2D eigenvalue weighted by molar-refractivity contribution is -0.121. The molecular weight excluding hydrogens is 280 g/mol. The van der Waals surface area contributed by atoms with Crippen LogP contribution in [0, 0.1) is 0 Å². The summed E-state index contributed by atoms with van der Waals surface area (Å²) in [6, 6.07) is 10.5. The summed E-state index contributed by atoms with van der Waals surface area (Å²) in [4.78, 5) is 26.7. The van der Waals surface area contributed by atoms with E-state index >= 15 is 0 Å². The Labute approximate surface area is 128 Å². The molecule has 0 aliphatic heterocycles. The van der Waals surface area contributed by atoms with Crippen LogP contribution >= 0.6 is 0 Å². The number of hydrogen-bond donors (Lipinski definition) is 3. The number of rotatable bonds is 6. The van der Waals surface area contributed by atoms with Crippen LogP contribution in [0.4, 0.5) is 5.82 Å². The number of hydrogen-bond acceptors (Lipinski definition) is 4. The van der Waals surface area contributed by atoms with E-state index in [2.05, 4.69) is 10.3 Å². The molecule has 0 fully saturated rings. The summed E-state index contributed by atoms with van der Waals surface area (Å²) in [5.74, 6) is -0.0494. The van der Waals surface area contributed by atoms with E-state index in [1.807, 2.05) is 6.07 Å². The summed E-state index contributed by atoms with van der Waals surface area (Å²) in [6.07, 6.45) is 2.61. The predicted molar refractivity (Wildman–Crippen MR) is 83.8 cm³/mol. The Morgan fingerprint density at radius 3 is 2.32 bits per heavy atom. The molecule has 0 aliphatic rings. The van der Waals surface area contributed by atoms with Gasteiger partial charge in [-0.1, -0.05) is 18.2 Å². The Bertz CT molecular complexity index is 651. The standard InChI is InChI=1S/C16H18N4O2/c17-14-7-3-12(9-19-14)10-20-15(21)8-4-11-1-5-13(6-2-11)16(18)22/h1-3,5-7,9H,4,8,10H2,(H2,17,19)(H2,18,22)(H,20,21). The van der Waals surface area contributed by atoms with Crippen molar-refractivity contribution < 1.29 is 9.59 Å². The van der Waals surface area contributed by atoms with E-state index in [1.165, 1.54) is 0 Å². The van der Waals surface area contributed by atoms with Crippen LogP contribution in [0.25, 0.3) is 0 Å². The maximum Gasteiger partial charge on any atom is 0.248 e. The molecule has 6 nitrogen and oxygen atoms in total. The lowest BCUT2D eigenvalue weighted by Gasteiger charge is -2.06. The molecule has 114 valence electrons. The zero-order valence-corrected chi connectivity index (χ0v) is 12.1. The first-order chi connectivity index (χ1) is 10.5. The average molecular weight is 298 g/mol. The molecule has 1 heterocycles. The van der Waals surface area contributed by atoms with Gasteiger partial charge in [-0.05, 0) is 35.7 Å². The highest BCUT2D eigenvalue weighted by molar-refractivity contribution is 5.92. The van der Waals surface area contributed by atoms with Crippen LogP contribution < -0.4 is 16.8 Å². The number of amides is 2. The number of aryl methyl sites for hydroxylation is 1. The second-order valence-corrected chi connectivity index (χ2v) is 4.93. The van der Waals surface area contributed by atoms with Gasteiger partial charge in [0.1, 0.15) is 5.82 Å². The lowest BCUT2D eigenvalue weighted by atomic mass is 10.1. The maximum atomic E-state index is 11.8. The van der Waals surface area contributed by atoms with Gasteiger partial charge in [-0.15, -0.1) is 0 Å². The van der Waals surface area contributed by atoms with Crippen LogP contribution in [0.1, 0.15) is 27.9 Å². The van der Waals surface area contributed by atoms with E-state index in [1.54, 1.807) is 36.5 Å². The number of nitrogen functional groups attached to an aromatic ring is 1. The molecular formula is C16H18N4O2. The van der Waals surface area contributed by atoms with Crippen molar-refractivity contribution in [3.05, 3.63) is 59.3 Å². The van der Waals surface area contributed by atoms with Crippen LogP contribution in [0.15, 0.2) is 42.6 Å². The first-order valence-electron chi connectivity index (χ1n) is 6.90. The predicted octanol–water partition coefficient (Wildman–Crippen LogP) is 1.01. The van der Waals surface area contributed by atoms with Gasteiger partial charge in [0, 0.05) is 24.7 Å². The number of anilines is 1. The molecule has 22 heavy (non-hydrogen) atoms. The first-order valence-corrected chi connectivity index (χ1v) is 6.90. The van der Waals surface area contributed by atoms with Crippen molar-refractivity contribution in [2.75, 3.05) is 5.73 Å². The number of carbonyl (C=O) groups is 2. The van der Waals surface area contributed by atoms with E-state index in [-0.39, 0.29) is 5.91 Å². The van der Waals surface area contributed by atoms with E-state index in [0.717, 1.165) is 11.1 Å². The molecule has 0 saturated heterocycles. The van der Waals surface area contributed by atoms with Crippen molar-refractivity contribution in [1.82, 2.24) is 10.3 Å². The van der Waals surface area contributed by atoms with Crippen LogP contribution in [0.3, 0.4) is 0 Å². The Balaban J connectivity index is 1.77. The lowest BCUT2D eigenvalue weighted by Crippen LogP contribution is -2.23. The van der Waals surface area contributed by atoms with Crippen molar-refractivity contribution in [3.8, 4) is 0 Å². The minimum atomic E-state index is -0.457. The van der Waals surface area contributed by atoms with E-state index in [9.17, 15) is 9.59 Å². The molecule has 0 unspecified atom stereocenters. The molecule has 2 rings (SSSR count). The van der Waals surface area contributed by atoms with Crippen LogP contribution in [-0.2, 0) is 17.8 Å². The third-order valence-corrected chi connectivity index (χ3v) is 3.22. The molecule has 5 N–H and O–H groups in total. The SMILES string of the molecule is NC(=O)c1ccc(CCC(=O)NCc2ccc(N)nc2)cc1. The summed E-state index contributed by atoms with van der Waals surface area (Å²) < 4.78 is 0. The molecule has 0 aliphatic carbocycles. The van der Waals surface area contributed by atoms with Crippen LogP contribution in [-0.4, -0.2) is 16.8 Å². The zero-order valence-electron chi connectivity index (χ0n) is 12.1. The molecule has 1 aromatic carbocycles. The number of aromatic nitrogens is 1. The first kappa shape index (κ1) is 15.5. The number of benzene rings is 1. The third-order valence-electron chi connectivity index (χ3n) is 3.22. The number of carbonyl (C=O) groups excluding carboxylic acids is 2. The number of nitrogens with one attached hydrogen (secondary N) is 1. The molecule has 0 bridgehead atoms. The quantitative estimate of drug-likeness (QED) is 0.739.